The minimum absolute atomic E-state index is 0.410. The van der Waals surface area contributed by atoms with Gasteiger partial charge < -0.3 is 5.11 Å². The minimum atomic E-state index is -4.67. The maximum atomic E-state index is 10.4. The third-order valence-corrected chi connectivity index (χ3v) is 4.03. The fraction of sp³-hybridized carbons (Fsp3) is 0.400. The van der Waals surface area contributed by atoms with E-state index in [1.54, 1.807) is 0 Å². The predicted octanol–water partition coefficient (Wildman–Crippen LogP) is 5.09. The Balaban J connectivity index is 0.000000597. The molecule has 3 N–H and O–H groups in total. The van der Waals surface area contributed by atoms with Gasteiger partial charge in [0.15, 0.2) is 0 Å². The molecule has 0 heterocycles. The summed E-state index contributed by atoms with van der Waals surface area (Å²) < 4.78 is 31.6. The van der Waals surface area contributed by atoms with Gasteiger partial charge in [0.1, 0.15) is 5.75 Å². The summed E-state index contributed by atoms with van der Waals surface area (Å²) in [6.07, 6.45) is 6.91. The Bertz CT molecular complexity index is 762. The van der Waals surface area contributed by atoms with E-state index in [4.69, 9.17) is 17.5 Å². The van der Waals surface area contributed by atoms with Crippen LogP contribution in [0.25, 0.3) is 11.1 Å². The molecule has 0 saturated carbocycles. The van der Waals surface area contributed by atoms with Crippen molar-refractivity contribution in [3.8, 4) is 16.9 Å². The van der Waals surface area contributed by atoms with E-state index in [1.165, 1.54) is 36.8 Å². The molecular formula is C20H28O5S. The Morgan fingerprint density at radius 2 is 1.38 bits per heavy atom. The Kier molecular flexibility index (Phi) is 9.34. The number of phenolic OH excluding ortho intramolecular Hbond substituents is 1. The lowest BCUT2D eigenvalue weighted by atomic mass is 9.89. The molecule has 0 unspecified atom stereocenters. The normalized spacial score (nSPS) is 10.9. The SMILES string of the molecule is CCCCc1ccc(O)c(-c2ccccc2)c1CCCC.O=S(=O)(O)O. The van der Waals surface area contributed by atoms with E-state index in [9.17, 15) is 5.11 Å². The summed E-state index contributed by atoms with van der Waals surface area (Å²) in [5.41, 5.74) is 4.91. The van der Waals surface area contributed by atoms with E-state index in [0.717, 1.165) is 24.0 Å². The Morgan fingerprint density at radius 3 is 1.92 bits per heavy atom. The molecule has 0 radical (unpaired) electrons. The molecule has 0 aliphatic rings. The maximum Gasteiger partial charge on any atom is 0.394 e. The lowest BCUT2D eigenvalue weighted by Crippen LogP contribution is -1.99. The van der Waals surface area contributed by atoms with Crippen molar-refractivity contribution in [3.63, 3.8) is 0 Å². The molecule has 0 fully saturated rings. The highest BCUT2D eigenvalue weighted by atomic mass is 32.3. The van der Waals surface area contributed by atoms with Gasteiger partial charge in [0.2, 0.25) is 0 Å². The molecule has 0 atom stereocenters. The summed E-state index contributed by atoms with van der Waals surface area (Å²) in [5, 5.41) is 10.4. The van der Waals surface area contributed by atoms with Crippen LogP contribution in [0, 0.1) is 0 Å². The highest BCUT2D eigenvalue weighted by Crippen LogP contribution is 2.36. The first-order chi connectivity index (χ1) is 12.3. The molecule has 0 aliphatic heterocycles. The minimum Gasteiger partial charge on any atom is -0.507 e. The monoisotopic (exact) mass is 380 g/mol. The Labute approximate surface area is 156 Å². The van der Waals surface area contributed by atoms with Gasteiger partial charge >= 0.3 is 10.4 Å². The molecular weight excluding hydrogens is 352 g/mol. The van der Waals surface area contributed by atoms with E-state index in [-0.39, 0.29) is 0 Å². The molecule has 2 rings (SSSR count). The zero-order valence-electron chi connectivity index (χ0n) is 15.4. The first-order valence-electron chi connectivity index (χ1n) is 8.86. The zero-order valence-corrected chi connectivity index (χ0v) is 16.2. The van der Waals surface area contributed by atoms with Crippen molar-refractivity contribution in [2.45, 2.75) is 52.4 Å². The summed E-state index contributed by atoms with van der Waals surface area (Å²) in [6, 6.07) is 14.3. The van der Waals surface area contributed by atoms with E-state index < -0.39 is 10.4 Å². The molecule has 5 nitrogen and oxygen atoms in total. The highest BCUT2D eigenvalue weighted by molar-refractivity contribution is 7.79. The topological polar surface area (TPSA) is 94.8 Å². The van der Waals surface area contributed by atoms with E-state index >= 15 is 0 Å². The van der Waals surface area contributed by atoms with Gasteiger partial charge in [-0.15, -0.1) is 0 Å². The van der Waals surface area contributed by atoms with Gasteiger partial charge in [-0.25, -0.2) is 0 Å². The van der Waals surface area contributed by atoms with Crippen LogP contribution in [-0.2, 0) is 23.2 Å². The molecule has 2 aromatic rings. The van der Waals surface area contributed by atoms with E-state index in [1.807, 2.05) is 24.3 Å². The molecule has 0 aromatic heterocycles. The van der Waals surface area contributed by atoms with Gasteiger partial charge in [-0.05, 0) is 48.4 Å². The molecule has 6 heteroatoms. The van der Waals surface area contributed by atoms with Gasteiger partial charge in [-0.1, -0.05) is 63.1 Å². The zero-order chi connectivity index (χ0) is 19.6. The molecule has 0 aliphatic carbocycles. The smallest absolute Gasteiger partial charge is 0.394 e. The summed E-state index contributed by atoms with van der Waals surface area (Å²) >= 11 is 0. The lowest BCUT2D eigenvalue weighted by molar-refractivity contribution is 0.381. The number of hydrogen-bond donors (Lipinski definition) is 3. The van der Waals surface area contributed by atoms with Crippen molar-refractivity contribution < 1.29 is 22.6 Å². The number of phenols is 1. The quantitative estimate of drug-likeness (QED) is 0.581. The second-order valence-electron chi connectivity index (χ2n) is 6.12. The van der Waals surface area contributed by atoms with Crippen LogP contribution in [-0.4, -0.2) is 22.6 Å². The third-order valence-electron chi connectivity index (χ3n) is 4.03. The van der Waals surface area contributed by atoms with Crippen LogP contribution >= 0.6 is 0 Å². The van der Waals surface area contributed by atoms with Crippen LogP contribution < -0.4 is 0 Å². The van der Waals surface area contributed by atoms with Crippen LogP contribution in [0.5, 0.6) is 5.75 Å². The summed E-state index contributed by atoms with van der Waals surface area (Å²) in [4.78, 5) is 0. The van der Waals surface area contributed by atoms with E-state index in [0.29, 0.717) is 5.75 Å². The van der Waals surface area contributed by atoms with Gasteiger partial charge in [0.05, 0.1) is 0 Å². The van der Waals surface area contributed by atoms with Crippen molar-refractivity contribution in [2.75, 3.05) is 0 Å². The summed E-state index contributed by atoms with van der Waals surface area (Å²) in [7, 11) is -4.67. The fourth-order valence-electron chi connectivity index (χ4n) is 2.85. The molecule has 0 spiro atoms. The van der Waals surface area contributed by atoms with Crippen LogP contribution in [0.1, 0.15) is 50.7 Å². The van der Waals surface area contributed by atoms with Crippen LogP contribution in [0.4, 0.5) is 0 Å². The number of aryl methyl sites for hydroxylation is 1. The standard InChI is InChI=1S/C20H26O.H2O4S/c1-3-5-10-16-14-15-19(21)20(18(16)13-6-4-2)17-11-8-7-9-12-17;1-5(2,3)4/h7-9,11-12,14-15,21H,3-6,10,13H2,1-2H3;(H2,1,2,3,4). The molecule has 144 valence electrons. The number of benzene rings is 2. The van der Waals surface area contributed by atoms with Crippen molar-refractivity contribution in [2.24, 2.45) is 0 Å². The van der Waals surface area contributed by atoms with Crippen molar-refractivity contribution in [3.05, 3.63) is 53.6 Å². The molecule has 0 amide bonds. The highest BCUT2D eigenvalue weighted by Gasteiger charge is 2.14. The maximum absolute atomic E-state index is 10.4. The first kappa shape index (κ1) is 22.2. The third kappa shape index (κ3) is 7.99. The second kappa shape index (κ2) is 11.0. The van der Waals surface area contributed by atoms with E-state index in [2.05, 4.69) is 32.0 Å². The van der Waals surface area contributed by atoms with Crippen molar-refractivity contribution >= 4 is 10.4 Å². The average molecular weight is 381 g/mol. The van der Waals surface area contributed by atoms with Gasteiger partial charge in [-0.3, -0.25) is 9.11 Å². The lowest BCUT2D eigenvalue weighted by Gasteiger charge is -2.17. The van der Waals surface area contributed by atoms with Gasteiger partial charge in [0.25, 0.3) is 0 Å². The Hall–Kier alpha value is -1.89. The summed E-state index contributed by atoms with van der Waals surface area (Å²) in [6.45, 7) is 4.45. The van der Waals surface area contributed by atoms with Gasteiger partial charge in [0, 0.05) is 5.56 Å². The molecule has 26 heavy (non-hydrogen) atoms. The fourth-order valence-corrected chi connectivity index (χ4v) is 2.85. The number of unbranched alkanes of at least 4 members (excludes halogenated alkanes) is 2. The predicted molar refractivity (Wildman–Crippen MR) is 105 cm³/mol. The van der Waals surface area contributed by atoms with Crippen molar-refractivity contribution in [1.82, 2.24) is 0 Å². The largest absolute Gasteiger partial charge is 0.507 e. The number of hydrogen-bond acceptors (Lipinski definition) is 3. The molecule has 2 aromatic carbocycles. The second-order valence-corrected chi connectivity index (χ2v) is 7.01. The first-order valence-corrected chi connectivity index (χ1v) is 10.3. The molecule has 0 saturated heterocycles. The van der Waals surface area contributed by atoms with Crippen molar-refractivity contribution in [1.29, 1.82) is 0 Å². The summed E-state index contributed by atoms with van der Waals surface area (Å²) in [5.74, 6) is 0.410. The average Bonchev–Trinajstić information content (AvgIpc) is 2.58. The van der Waals surface area contributed by atoms with Gasteiger partial charge in [-0.2, -0.15) is 8.42 Å². The number of rotatable bonds is 7. The van der Waals surface area contributed by atoms with Crippen LogP contribution in [0.15, 0.2) is 42.5 Å². The van der Waals surface area contributed by atoms with Crippen LogP contribution in [0.3, 0.4) is 0 Å². The Morgan fingerprint density at radius 1 is 0.846 bits per heavy atom. The van der Waals surface area contributed by atoms with Crippen LogP contribution in [0.2, 0.25) is 0 Å². The molecule has 0 bridgehead atoms. The number of aromatic hydroxyl groups is 1.